The summed E-state index contributed by atoms with van der Waals surface area (Å²) in [6, 6.07) is 19.1. The number of esters is 1. The van der Waals surface area contributed by atoms with Crippen LogP contribution in [0.15, 0.2) is 87.8 Å². The highest BCUT2D eigenvalue weighted by atomic mass is 32.1. The van der Waals surface area contributed by atoms with E-state index in [1.807, 2.05) is 62.4 Å². The second-order valence-corrected chi connectivity index (χ2v) is 11.9. The predicted octanol–water partition coefficient (Wildman–Crippen LogP) is 5.66. The first-order valence-corrected chi connectivity index (χ1v) is 15.9. The molecule has 0 spiro atoms. The number of halogens is 1. The Morgan fingerprint density at radius 3 is 2.57 bits per heavy atom. The van der Waals surface area contributed by atoms with Crippen LogP contribution in [0.4, 0.5) is 4.39 Å². The number of fused-ring (bicyclic) bond motifs is 2. The van der Waals surface area contributed by atoms with Crippen molar-refractivity contribution in [2.24, 2.45) is 4.99 Å². The molecule has 0 amide bonds. The van der Waals surface area contributed by atoms with Gasteiger partial charge in [0.2, 0.25) is 0 Å². The number of aromatic nitrogens is 2. The molecular weight excluding hydrogens is 605 g/mol. The topological polar surface area (TPSA) is 84.1 Å². The van der Waals surface area contributed by atoms with Crippen LogP contribution in [0, 0.1) is 12.7 Å². The first kappa shape index (κ1) is 31.0. The Labute approximate surface area is 269 Å². The van der Waals surface area contributed by atoms with Crippen molar-refractivity contribution in [1.29, 1.82) is 0 Å². The molecule has 236 valence electrons. The highest BCUT2D eigenvalue weighted by Gasteiger charge is 2.36. The second kappa shape index (κ2) is 12.8. The van der Waals surface area contributed by atoms with Crippen molar-refractivity contribution >= 4 is 34.3 Å². The van der Waals surface area contributed by atoms with E-state index in [1.54, 1.807) is 37.7 Å². The molecule has 5 aromatic rings. The van der Waals surface area contributed by atoms with Crippen LogP contribution >= 0.6 is 11.3 Å². The molecule has 46 heavy (non-hydrogen) atoms. The minimum absolute atomic E-state index is 0.169. The Balaban J connectivity index is 1.58. The van der Waals surface area contributed by atoms with Gasteiger partial charge in [-0.05, 0) is 63.6 Å². The zero-order valence-electron chi connectivity index (χ0n) is 26.3. The van der Waals surface area contributed by atoms with Crippen LogP contribution in [0.5, 0.6) is 11.5 Å². The summed E-state index contributed by atoms with van der Waals surface area (Å²) in [5.41, 5.74) is 4.64. The molecule has 0 unspecified atom stereocenters. The maximum absolute atomic E-state index is 14.4. The second-order valence-electron chi connectivity index (χ2n) is 10.8. The molecule has 1 aliphatic heterocycles. The molecule has 0 saturated heterocycles. The smallest absolute Gasteiger partial charge is 0.338 e. The molecule has 8 nitrogen and oxygen atoms in total. The van der Waals surface area contributed by atoms with Crippen LogP contribution in [0.2, 0.25) is 0 Å². The molecule has 6 rings (SSSR count). The number of carbonyl (C=O) groups excluding carboxylic acids is 1. The van der Waals surface area contributed by atoms with Crippen LogP contribution in [0.25, 0.3) is 17.0 Å². The van der Waals surface area contributed by atoms with Crippen molar-refractivity contribution in [3.8, 4) is 11.5 Å². The Morgan fingerprint density at radius 2 is 1.83 bits per heavy atom. The van der Waals surface area contributed by atoms with Gasteiger partial charge in [0.25, 0.3) is 5.56 Å². The van der Waals surface area contributed by atoms with E-state index >= 15 is 0 Å². The lowest BCUT2D eigenvalue weighted by Crippen LogP contribution is -2.40. The summed E-state index contributed by atoms with van der Waals surface area (Å²) in [4.78, 5) is 33.1. The average molecular weight is 640 g/mol. The van der Waals surface area contributed by atoms with E-state index in [9.17, 15) is 14.0 Å². The molecular formula is C36H34FN3O5S. The van der Waals surface area contributed by atoms with Gasteiger partial charge in [-0.1, -0.05) is 53.8 Å². The number of carbonyl (C=O) groups is 1. The van der Waals surface area contributed by atoms with Gasteiger partial charge in [-0.2, -0.15) is 0 Å². The van der Waals surface area contributed by atoms with E-state index in [-0.39, 0.29) is 23.6 Å². The quantitative estimate of drug-likeness (QED) is 0.195. The highest BCUT2D eigenvalue weighted by molar-refractivity contribution is 7.07. The maximum atomic E-state index is 14.4. The minimum Gasteiger partial charge on any atom is -0.493 e. The van der Waals surface area contributed by atoms with Gasteiger partial charge in [0.05, 0.1) is 36.1 Å². The lowest BCUT2D eigenvalue weighted by molar-refractivity contribution is -0.139. The van der Waals surface area contributed by atoms with Gasteiger partial charge in [-0.15, -0.1) is 0 Å². The van der Waals surface area contributed by atoms with Crippen molar-refractivity contribution in [1.82, 2.24) is 9.13 Å². The zero-order valence-corrected chi connectivity index (χ0v) is 27.1. The predicted molar refractivity (Wildman–Crippen MR) is 177 cm³/mol. The van der Waals surface area contributed by atoms with E-state index in [4.69, 9.17) is 19.2 Å². The summed E-state index contributed by atoms with van der Waals surface area (Å²) in [6.45, 7) is 8.34. The van der Waals surface area contributed by atoms with Crippen LogP contribution in [0.3, 0.4) is 0 Å². The van der Waals surface area contributed by atoms with Crippen molar-refractivity contribution in [2.75, 3.05) is 20.3 Å². The van der Waals surface area contributed by atoms with Gasteiger partial charge < -0.3 is 18.8 Å². The SMILES string of the molecule is CCOC(=O)C1=C(C)N=c2s/c(=C/c3c(C)n(Cc4cccc(F)c4)c4ccccc34)c(=O)n2[C@H]1c1cccc(OC)c1OCC. The van der Waals surface area contributed by atoms with E-state index in [0.717, 1.165) is 27.7 Å². The lowest BCUT2D eigenvalue weighted by Gasteiger charge is -2.26. The standard InChI is InChI=1S/C36H34FN3O5S/c1-6-44-33-26(15-11-17-29(33)43-5)32-31(35(42)45-7-2)21(3)38-36-40(32)34(41)30(46-36)19-27-22(4)39(28-16-9-8-14-25(27)28)20-23-12-10-13-24(37)18-23/h8-19,32H,6-7,20H2,1-5H3/b30-19+/t32-/m0/s1. The first-order chi connectivity index (χ1) is 22.3. The Hall–Kier alpha value is -4.96. The van der Waals surface area contributed by atoms with Crippen LogP contribution in [0.1, 0.15) is 49.2 Å². The van der Waals surface area contributed by atoms with Gasteiger partial charge in [0.15, 0.2) is 16.3 Å². The lowest BCUT2D eigenvalue weighted by atomic mass is 9.94. The molecule has 1 atom stereocenters. The molecule has 1 aliphatic rings. The molecule has 3 aromatic carbocycles. The number of para-hydroxylation sites is 2. The third-order valence-corrected chi connectivity index (χ3v) is 9.10. The normalized spacial score (nSPS) is 14.7. The summed E-state index contributed by atoms with van der Waals surface area (Å²) in [6.07, 6.45) is 1.89. The van der Waals surface area contributed by atoms with E-state index in [1.165, 1.54) is 23.5 Å². The minimum atomic E-state index is -0.857. The maximum Gasteiger partial charge on any atom is 0.338 e. The highest BCUT2D eigenvalue weighted by Crippen LogP contribution is 2.41. The van der Waals surface area contributed by atoms with E-state index in [0.29, 0.717) is 45.2 Å². The molecule has 0 aliphatic carbocycles. The fourth-order valence-corrected chi connectivity index (χ4v) is 7.11. The number of allylic oxidation sites excluding steroid dienone is 1. The Bertz CT molecular complexity index is 2190. The van der Waals surface area contributed by atoms with Crippen molar-refractivity contribution in [3.63, 3.8) is 0 Å². The average Bonchev–Trinajstić information content (AvgIpc) is 3.49. The zero-order chi connectivity index (χ0) is 32.5. The van der Waals surface area contributed by atoms with Gasteiger partial charge in [-0.3, -0.25) is 9.36 Å². The van der Waals surface area contributed by atoms with Crippen LogP contribution in [-0.2, 0) is 16.1 Å². The summed E-state index contributed by atoms with van der Waals surface area (Å²) >= 11 is 1.26. The van der Waals surface area contributed by atoms with Crippen molar-refractivity contribution in [2.45, 2.75) is 40.3 Å². The molecule has 0 saturated carbocycles. The largest absolute Gasteiger partial charge is 0.493 e. The summed E-state index contributed by atoms with van der Waals surface area (Å²) in [5, 5.41) is 0.966. The fourth-order valence-electron chi connectivity index (χ4n) is 6.09. The van der Waals surface area contributed by atoms with Crippen LogP contribution < -0.4 is 24.4 Å². The first-order valence-electron chi connectivity index (χ1n) is 15.1. The number of thiazole rings is 1. The molecule has 2 aromatic heterocycles. The molecule has 10 heteroatoms. The van der Waals surface area contributed by atoms with Crippen LogP contribution in [-0.4, -0.2) is 35.4 Å². The molecule has 0 bridgehead atoms. The summed E-state index contributed by atoms with van der Waals surface area (Å²) < 4.78 is 35.3. The molecule has 3 heterocycles. The number of benzene rings is 3. The van der Waals surface area contributed by atoms with Crippen molar-refractivity contribution in [3.05, 3.63) is 126 Å². The third-order valence-electron chi connectivity index (χ3n) is 8.11. The van der Waals surface area contributed by atoms with Gasteiger partial charge in [-0.25, -0.2) is 14.2 Å². The third kappa shape index (κ3) is 5.43. The van der Waals surface area contributed by atoms with Gasteiger partial charge >= 0.3 is 5.97 Å². The molecule has 0 radical (unpaired) electrons. The monoisotopic (exact) mass is 639 g/mol. The summed E-state index contributed by atoms with van der Waals surface area (Å²) in [7, 11) is 1.55. The van der Waals surface area contributed by atoms with Crippen molar-refractivity contribution < 1.29 is 23.4 Å². The van der Waals surface area contributed by atoms with Gasteiger partial charge in [0.1, 0.15) is 11.9 Å². The molecule has 0 N–H and O–H groups in total. The number of hydrogen-bond donors (Lipinski definition) is 0. The summed E-state index contributed by atoms with van der Waals surface area (Å²) in [5.74, 6) is 0.0917. The van der Waals surface area contributed by atoms with E-state index < -0.39 is 12.0 Å². The number of nitrogens with zero attached hydrogens (tertiary/aromatic N) is 3. The number of methoxy groups -OCH3 is 1. The fraction of sp³-hybridized carbons (Fsp3) is 0.250. The Kier molecular flexibility index (Phi) is 8.64. The number of rotatable bonds is 9. The van der Waals surface area contributed by atoms with Gasteiger partial charge in [0, 0.05) is 34.3 Å². The number of ether oxygens (including phenoxy) is 3. The number of hydrogen-bond acceptors (Lipinski definition) is 7. The van der Waals surface area contributed by atoms with E-state index in [2.05, 4.69) is 4.57 Å². The molecule has 0 fully saturated rings. The Morgan fingerprint density at radius 1 is 1.04 bits per heavy atom.